The van der Waals surface area contributed by atoms with E-state index >= 15 is 0 Å². The predicted octanol–water partition coefficient (Wildman–Crippen LogP) is 4.16. The van der Waals surface area contributed by atoms with Crippen molar-refractivity contribution in [3.05, 3.63) is 54.0 Å². The number of aromatic nitrogens is 1. The van der Waals surface area contributed by atoms with Crippen molar-refractivity contribution in [1.82, 2.24) is 15.6 Å². The summed E-state index contributed by atoms with van der Waals surface area (Å²) in [5.74, 6) is -0.353. The number of rotatable bonds is 7. The van der Waals surface area contributed by atoms with Crippen molar-refractivity contribution in [3.8, 4) is 17.2 Å². The monoisotopic (exact) mass is 456 g/mol. The first kappa shape index (κ1) is 22.3. The van der Waals surface area contributed by atoms with Gasteiger partial charge in [0.1, 0.15) is 29.2 Å². The molecule has 1 saturated carbocycles. The molecule has 10 heteroatoms. The van der Waals surface area contributed by atoms with Crippen molar-refractivity contribution in [2.75, 3.05) is 19.0 Å². The highest BCUT2D eigenvalue weighted by molar-refractivity contribution is 6.02. The number of benzene rings is 2. The number of hydrogen-bond donors (Lipinski definition) is 3. The summed E-state index contributed by atoms with van der Waals surface area (Å²) in [5.41, 5.74) is 0.697. The molecule has 1 aromatic heterocycles. The van der Waals surface area contributed by atoms with Gasteiger partial charge in [0, 0.05) is 36.7 Å². The quantitative estimate of drug-likeness (QED) is 0.496. The lowest BCUT2D eigenvalue weighted by Crippen LogP contribution is -2.28. The highest BCUT2D eigenvalue weighted by atomic mass is 19.1. The van der Waals surface area contributed by atoms with E-state index in [1.165, 1.54) is 25.4 Å². The SMILES string of the molecule is CCNC(=O)Nc1ccc(Oc2ccnc3cc(OC)c(C(=O)N[C@@H]4C[C@@H]4F)cc23)cc1F. The number of fused-ring (bicyclic) bond motifs is 1. The number of urea groups is 1. The second-order valence-electron chi connectivity index (χ2n) is 7.44. The molecule has 1 aliphatic rings. The summed E-state index contributed by atoms with van der Waals surface area (Å²) < 4.78 is 38.9. The number of methoxy groups -OCH3 is 1. The molecule has 8 nitrogen and oxygen atoms in total. The molecule has 2 atom stereocenters. The number of hydrogen-bond acceptors (Lipinski definition) is 5. The maximum absolute atomic E-state index is 14.5. The van der Waals surface area contributed by atoms with E-state index < -0.39 is 30.0 Å². The van der Waals surface area contributed by atoms with E-state index in [0.29, 0.717) is 23.2 Å². The summed E-state index contributed by atoms with van der Waals surface area (Å²) in [7, 11) is 1.42. The first-order valence-corrected chi connectivity index (χ1v) is 10.3. The number of ether oxygens (including phenoxy) is 2. The highest BCUT2D eigenvalue weighted by Gasteiger charge is 2.39. The number of amides is 3. The number of nitrogens with zero attached hydrogens (tertiary/aromatic N) is 1. The van der Waals surface area contributed by atoms with Crippen molar-refractivity contribution in [1.29, 1.82) is 0 Å². The third-order valence-corrected chi connectivity index (χ3v) is 5.05. The van der Waals surface area contributed by atoms with Crippen molar-refractivity contribution < 1.29 is 27.8 Å². The van der Waals surface area contributed by atoms with Gasteiger partial charge >= 0.3 is 6.03 Å². The van der Waals surface area contributed by atoms with E-state index in [9.17, 15) is 18.4 Å². The minimum atomic E-state index is -1.04. The molecule has 0 bridgehead atoms. The molecule has 3 aromatic rings. The molecule has 4 rings (SSSR count). The van der Waals surface area contributed by atoms with Crippen LogP contribution in [-0.2, 0) is 0 Å². The van der Waals surface area contributed by atoms with Crippen LogP contribution in [0, 0.1) is 5.82 Å². The highest BCUT2D eigenvalue weighted by Crippen LogP contribution is 2.34. The van der Waals surface area contributed by atoms with Crippen LogP contribution in [0.4, 0.5) is 19.3 Å². The molecule has 3 amide bonds. The van der Waals surface area contributed by atoms with Crippen LogP contribution in [0.2, 0.25) is 0 Å². The summed E-state index contributed by atoms with van der Waals surface area (Å²) in [6, 6.07) is 7.70. The Hall–Kier alpha value is -3.95. The Bertz CT molecular complexity index is 1220. The molecule has 0 saturated heterocycles. The molecule has 0 aliphatic heterocycles. The second kappa shape index (κ2) is 9.27. The molecule has 0 spiro atoms. The number of nitrogens with one attached hydrogen (secondary N) is 3. The van der Waals surface area contributed by atoms with Crippen molar-refractivity contribution in [2.45, 2.75) is 25.6 Å². The summed E-state index contributed by atoms with van der Waals surface area (Å²) >= 11 is 0. The zero-order valence-corrected chi connectivity index (χ0v) is 17.9. The third-order valence-electron chi connectivity index (χ3n) is 5.05. The van der Waals surface area contributed by atoms with Crippen LogP contribution in [0.15, 0.2) is 42.6 Å². The van der Waals surface area contributed by atoms with E-state index in [0.717, 1.165) is 6.07 Å². The van der Waals surface area contributed by atoms with E-state index in [4.69, 9.17) is 9.47 Å². The molecule has 1 aliphatic carbocycles. The van der Waals surface area contributed by atoms with E-state index in [2.05, 4.69) is 20.9 Å². The zero-order valence-electron chi connectivity index (χ0n) is 17.9. The van der Waals surface area contributed by atoms with Gasteiger partial charge in [0.2, 0.25) is 0 Å². The lowest BCUT2D eigenvalue weighted by molar-refractivity contribution is 0.0944. The summed E-state index contributed by atoms with van der Waals surface area (Å²) in [6.45, 7) is 2.16. The molecular weight excluding hydrogens is 434 g/mol. The Kier molecular flexibility index (Phi) is 6.25. The molecule has 0 unspecified atom stereocenters. The van der Waals surface area contributed by atoms with Crippen LogP contribution < -0.4 is 25.4 Å². The van der Waals surface area contributed by atoms with Crippen molar-refractivity contribution in [3.63, 3.8) is 0 Å². The molecule has 0 radical (unpaired) electrons. The Morgan fingerprint density at radius 3 is 2.64 bits per heavy atom. The van der Waals surface area contributed by atoms with Crippen LogP contribution in [0.1, 0.15) is 23.7 Å². The van der Waals surface area contributed by atoms with Crippen molar-refractivity contribution in [2.24, 2.45) is 0 Å². The fourth-order valence-electron chi connectivity index (χ4n) is 3.26. The minimum absolute atomic E-state index is 0.00261. The van der Waals surface area contributed by atoms with Gasteiger partial charge in [0.25, 0.3) is 5.91 Å². The van der Waals surface area contributed by atoms with E-state index in [-0.39, 0.29) is 29.2 Å². The first-order valence-electron chi connectivity index (χ1n) is 10.3. The fourth-order valence-corrected chi connectivity index (χ4v) is 3.26. The Labute approximate surface area is 188 Å². The van der Waals surface area contributed by atoms with Crippen LogP contribution in [0.3, 0.4) is 0 Å². The molecule has 33 heavy (non-hydrogen) atoms. The number of halogens is 2. The van der Waals surface area contributed by atoms with Crippen LogP contribution in [0.25, 0.3) is 10.9 Å². The predicted molar refractivity (Wildman–Crippen MR) is 118 cm³/mol. The third kappa shape index (κ3) is 4.94. The molecule has 1 heterocycles. The molecular formula is C23H22F2N4O4. The van der Waals surface area contributed by atoms with Gasteiger partial charge in [-0.2, -0.15) is 0 Å². The molecule has 172 valence electrons. The smallest absolute Gasteiger partial charge is 0.319 e. The van der Waals surface area contributed by atoms with Crippen LogP contribution in [-0.4, -0.2) is 42.8 Å². The minimum Gasteiger partial charge on any atom is -0.496 e. The number of pyridine rings is 1. The Balaban J connectivity index is 1.62. The number of carbonyl (C=O) groups excluding carboxylic acids is 2. The topological polar surface area (TPSA) is 102 Å². The normalized spacial score (nSPS) is 16.7. The molecule has 3 N–H and O–H groups in total. The standard InChI is InChI=1S/C23H22F2N4O4/c1-3-26-23(31)29-17-5-4-12(8-15(17)24)33-20-6-7-27-18-11-21(32-2)14(9-13(18)20)22(30)28-19-10-16(19)25/h4-9,11,16,19H,3,10H2,1-2H3,(H,28,30)(H2,26,29,31)/t16-,19+/m0/s1. The maximum atomic E-state index is 14.5. The first-order chi connectivity index (χ1) is 15.9. The number of carbonyl (C=O) groups is 2. The largest absolute Gasteiger partial charge is 0.496 e. The van der Waals surface area contributed by atoms with Gasteiger partial charge in [-0.05, 0) is 31.2 Å². The summed E-state index contributed by atoms with van der Waals surface area (Å²) in [6.07, 6.45) is 0.755. The Morgan fingerprint density at radius 1 is 1.18 bits per heavy atom. The molecule has 1 fully saturated rings. The van der Waals surface area contributed by atoms with E-state index in [1.807, 2.05) is 0 Å². The van der Waals surface area contributed by atoms with Gasteiger partial charge in [0.15, 0.2) is 0 Å². The lowest BCUT2D eigenvalue weighted by atomic mass is 10.1. The van der Waals surface area contributed by atoms with Crippen LogP contribution in [0.5, 0.6) is 17.2 Å². The van der Waals surface area contributed by atoms with Gasteiger partial charge in [-0.1, -0.05) is 0 Å². The number of alkyl halides is 1. The summed E-state index contributed by atoms with van der Waals surface area (Å²) in [5, 5.41) is 8.04. The van der Waals surface area contributed by atoms with Gasteiger partial charge in [0.05, 0.1) is 29.9 Å². The van der Waals surface area contributed by atoms with Crippen LogP contribution >= 0.6 is 0 Å². The van der Waals surface area contributed by atoms with Gasteiger partial charge in [-0.25, -0.2) is 13.6 Å². The number of anilines is 1. The second-order valence-corrected chi connectivity index (χ2v) is 7.44. The maximum Gasteiger partial charge on any atom is 0.319 e. The molecule has 2 aromatic carbocycles. The average Bonchev–Trinajstić information content (AvgIpc) is 3.49. The Morgan fingerprint density at radius 2 is 1.97 bits per heavy atom. The summed E-state index contributed by atoms with van der Waals surface area (Å²) in [4.78, 5) is 28.5. The van der Waals surface area contributed by atoms with Crippen molar-refractivity contribution >= 4 is 28.5 Å². The van der Waals surface area contributed by atoms with E-state index in [1.54, 1.807) is 25.1 Å². The van der Waals surface area contributed by atoms with Gasteiger partial charge in [-0.15, -0.1) is 0 Å². The average molecular weight is 456 g/mol. The van der Waals surface area contributed by atoms with Gasteiger partial charge in [-0.3, -0.25) is 9.78 Å². The fraction of sp³-hybridized carbons (Fsp3) is 0.261. The zero-order chi connectivity index (χ0) is 23.5. The van der Waals surface area contributed by atoms with Gasteiger partial charge < -0.3 is 25.4 Å². The lowest BCUT2D eigenvalue weighted by Gasteiger charge is -2.14.